The lowest BCUT2D eigenvalue weighted by Gasteiger charge is -2.13. The Kier molecular flexibility index (Phi) is 5.17. The van der Waals surface area contributed by atoms with Gasteiger partial charge in [-0.25, -0.2) is 0 Å². The van der Waals surface area contributed by atoms with Crippen molar-refractivity contribution in [2.75, 3.05) is 6.54 Å². The highest BCUT2D eigenvalue weighted by Crippen LogP contribution is 2.18. The Morgan fingerprint density at radius 2 is 1.89 bits per heavy atom. The molecule has 0 aromatic heterocycles. The largest absolute Gasteiger partial charge is 0.508 e. The van der Waals surface area contributed by atoms with E-state index in [1.54, 1.807) is 12.1 Å². The molecule has 0 spiro atoms. The van der Waals surface area contributed by atoms with Crippen LogP contribution in [0.15, 0.2) is 24.3 Å². The van der Waals surface area contributed by atoms with Crippen molar-refractivity contribution in [3.8, 4) is 5.75 Å². The van der Waals surface area contributed by atoms with E-state index in [9.17, 15) is 18.0 Å². The maximum Gasteiger partial charge on any atom is 0.390 e. The predicted octanol–water partition coefficient (Wildman–Crippen LogP) is 1.33. The third kappa shape index (κ3) is 6.10. The van der Waals surface area contributed by atoms with Crippen LogP contribution in [0.1, 0.15) is 12.0 Å². The number of benzene rings is 1. The zero-order chi connectivity index (χ0) is 14.5. The molecule has 1 amide bonds. The van der Waals surface area contributed by atoms with Gasteiger partial charge >= 0.3 is 6.18 Å². The molecule has 0 aliphatic rings. The number of rotatable bonds is 5. The normalized spacial score (nSPS) is 13.1. The summed E-state index contributed by atoms with van der Waals surface area (Å²) in [6.07, 6.45) is -5.18. The van der Waals surface area contributed by atoms with E-state index >= 15 is 0 Å². The first-order chi connectivity index (χ1) is 8.78. The van der Waals surface area contributed by atoms with Gasteiger partial charge in [-0.2, -0.15) is 13.2 Å². The quantitative estimate of drug-likeness (QED) is 0.759. The molecule has 0 radical (unpaired) electrons. The number of hydrogen-bond acceptors (Lipinski definition) is 3. The van der Waals surface area contributed by atoms with E-state index in [4.69, 9.17) is 10.8 Å². The van der Waals surface area contributed by atoms with Crippen LogP contribution >= 0.6 is 0 Å². The molecule has 4 N–H and O–H groups in total. The van der Waals surface area contributed by atoms with Gasteiger partial charge in [-0.3, -0.25) is 4.79 Å². The predicted molar refractivity (Wildman–Crippen MR) is 63.5 cm³/mol. The summed E-state index contributed by atoms with van der Waals surface area (Å²) in [6.45, 7) is -0.481. The summed E-state index contributed by atoms with van der Waals surface area (Å²) in [7, 11) is 0. The summed E-state index contributed by atoms with van der Waals surface area (Å²) in [5.74, 6) is -0.538. The molecule has 19 heavy (non-hydrogen) atoms. The maximum absolute atomic E-state index is 11.9. The van der Waals surface area contributed by atoms with Crippen LogP contribution in [0, 0.1) is 0 Å². The Balaban J connectivity index is 2.38. The molecule has 1 aromatic rings. The number of hydrogen-bond donors (Lipinski definition) is 3. The molecule has 0 aliphatic carbocycles. The second-order valence-corrected chi connectivity index (χ2v) is 4.13. The van der Waals surface area contributed by atoms with Crippen LogP contribution < -0.4 is 11.1 Å². The lowest BCUT2D eigenvalue weighted by atomic mass is 10.1. The van der Waals surface area contributed by atoms with E-state index in [0.29, 0.717) is 0 Å². The van der Waals surface area contributed by atoms with Crippen molar-refractivity contribution in [3.63, 3.8) is 0 Å². The second-order valence-electron chi connectivity index (χ2n) is 4.13. The van der Waals surface area contributed by atoms with E-state index in [2.05, 4.69) is 5.32 Å². The van der Waals surface area contributed by atoms with Crippen molar-refractivity contribution < 1.29 is 23.1 Å². The minimum Gasteiger partial charge on any atom is -0.508 e. The van der Waals surface area contributed by atoms with Crippen molar-refractivity contribution in [2.45, 2.75) is 25.1 Å². The van der Waals surface area contributed by atoms with Crippen LogP contribution in [-0.2, 0) is 11.2 Å². The van der Waals surface area contributed by atoms with E-state index in [0.717, 1.165) is 5.56 Å². The monoisotopic (exact) mass is 276 g/mol. The van der Waals surface area contributed by atoms with Crippen molar-refractivity contribution in [3.05, 3.63) is 29.8 Å². The molecule has 1 atom stereocenters. The van der Waals surface area contributed by atoms with E-state index < -0.39 is 31.1 Å². The molecule has 0 fully saturated rings. The van der Waals surface area contributed by atoms with Gasteiger partial charge in [0.25, 0.3) is 0 Å². The molecule has 1 unspecified atom stereocenters. The number of carbonyl (C=O) groups is 1. The van der Waals surface area contributed by atoms with E-state index in [1.165, 1.54) is 12.1 Å². The summed E-state index contributed by atoms with van der Waals surface area (Å²) in [5, 5.41) is 11.2. The summed E-state index contributed by atoms with van der Waals surface area (Å²) < 4.78 is 35.7. The average molecular weight is 276 g/mol. The maximum atomic E-state index is 11.9. The summed E-state index contributed by atoms with van der Waals surface area (Å²) in [5.41, 5.74) is 6.30. The van der Waals surface area contributed by atoms with Crippen LogP contribution in [0.25, 0.3) is 0 Å². The second kappa shape index (κ2) is 6.42. The van der Waals surface area contributed by atoms with E-state index in [-0.39, 0.29) is 12.2 Å². The molecular weight excluding hydrogens is 261 g/mol. The molecular formula is C12H15F3N2O2. The third-order valence-corrected chi connectivity index (χ3v) is 2.44. The lowest BCUT2D eigenvalue weighted by Crippen LogP contribution is -2.43. The fraction of sp³-hybridized carbons (Fsp3) is 0.417. The standard InChI is InChI=1S/C12H15F3N2O2/c13-12(14,15)5-6-17-11(19)10(16)7-8-1-3-9(18)4-2-8/h1-4,10,18H,5-7,16H2,(H,17,19). The van der Waals surface area contributed by atoms with Gasteiger partial charge in [0.2, 0.25) is 5.91 Å². The number of phenolic OH excluding ortho intramolecular Hbond substituents is 1. The lowest BCUT2D eigenvalue weighted by molar-refractivity contribution is -0.135. The first kappa shape index (κ1) is 15.3. The topological polar surface area (TPSA) is 75.3 Å². The van der Waals surface area contributed by atoms with Crippen LogP contribution in [0.3, 0.4) is 0 Å². The molecule has 0 heterocycles. The highest BCUT2D eigenvalue weighted by Gasteiger charge is 2.27. The van der Waals surface area contributed by atoms with Crippen LogP contribution in [0.5, 0.6) is 5.75 Å². The van der Waals surface area contributed by atoms with Gasteiger partial charge in [-0.1, -0.05) is 12.1 Å². The number of nitrogens with two attached hydrogens (primary N) is 1. The Morgan fingerprint density at radius 1 is 1.32 bits per heavy atom. The van der Waals surface area contributed by atoms with Crippen molar-refractivity contribution in [1.82, 2.24) is 5.32 Å². The zero-order valence-corrected chi connectivity index (χ0v) is 10.1. The first-order valence-corrected chi connectivity index (χ1v) is 5.66. The van der Waals surface area contributed by atoms with E-state index in [1.807, 2.05) is 0 Å². The van der Waals surface area contributed by atoms with Gasteiger partial charge in [-0.15, -0.1) is 0 Å². The van der Waals surface area contributed by atoms with Crippen molar-refractivity contribution in [2.24, 2.45) is 5.73 Å². The molecule has 4 nitrogen and oxygen atoms in total. The number of carbonyl (C=O) groups excluding carboxylic acids is 1. The molecule has 0 saturated heterocycles. The van der Waals surface area contributed by atoms with Crippen molar-refractivity contribution >= 4 is 5.91 Å². The Morgan fingerprint density at radius 3 is 2.42 bits per heavy atom. The highest BCUT2D eigenvalue weighted by molar-refractivity contribution is 5.81. The summed E-state index contributed by atoms with van der Waals surface area (Å²) in [4.78, 5) is 11.4. The number of phenols is 1. The Bertz CT molecular complexity index is 418. The van der Waals surface area contributed by atoms with Gasteiger partial charge in [-0.05, 0) is 24.1 Å². The van der Waals surface area contributed by atoms with Gasteiger partial charge < -0.3 is 16.2 Å². The SMILES string of the molecule is NC(Cc1ccc(O)cc1)C(=O)NCCC(F)(F)F. The van der Waals surface area contributed by atoms with Crippen LogP contribution in [0.4, 0.5) is 13.2 Å². The zero-order valence-electron chi connectivity index (χ0n) is 10.1. The smallest absolute Gasteiger partial charge is 0.390 e. The first-order valence-electron chi connectivity index (χ1n) is 5.66. The fourth-order valence-corrected chi connectivity index (χ4v) is 1.44. The number of nitrogens with one attached hydrogen (secondary N) is 1. The minimum atomic E-state index is -4.30. The van der Waals surface area contributed by atoms with Gasteiger partial charge in [0.15, 0.2) is 0 Å². The van der Waals surface area contributed by atoms with Crippen LogP contribution in [0.2, 0.25) is 0 Å². The number of alkyl halides is 3. The molecule has 7 heteroatoms. The van der Waals surface area contributed by atoms with Gasteiger partial charge in [0.05, 0.1) is 12.5 Å². The van der Waals surface area contributed by atoms with Gasteiger partial charge in [0.1, 0.15) is 5.75 Å². The average Bonchev–Trinajstić information content (AvgIpc) is 2.30. The number of halogens is 3. The van der Waals surface area contributed by atoms with Crippen LogP contribution in [-0.4, -0.2) is 29.8 Å². The Labute approximate surface area is 108 Å². The Hall–Kier alpha value is -1.76. The number of amides is 1. The summed E-state index contributed by atoms with van der Waals surface area (Å²) in [6, 6.07) is 5.17. The van der Waals surface area contributed by atoms with Crippen molar-refractivity contribution in [1.29, 1.82) is 0 Å². The molecule has 1 rings (SSSR count). The fourth-order valence-electron chi connectivity index (χ4n) is 1.44. The third-order valence-electron chi connectivity index (χ3n) is 2.44. The molecule has 0 saturated carbocycles. The molecule has 106 valence electrons. The summed E-state index contributed by atoms with van der Waals surface area (Å²) >= 11 is 0. The number of aromatic hydroxyl groups is 1. The molecule has 0 aliphatic heterocycles. The molecule has 1 aromatic carbocycles. The molecule has 0 bridgehead atoms. The van der Waals surface area contributed by atoms with Gasteiger partial charge in [0, 0.05) is 6.54 Å². The highest BCUT2D eigenvalue weighted by atomic mass is 19.4. The minimum absolute atomic E-state index is 0.0898.